The van der Waals surface area contributed by atoms with E-state index >= 15 is 0 Å². The van der Waals surface area contributed by atoms with Crippen molar-refractivity contribution in [1.29, 1.82) is 0 Å². The molecule has 0 N–H and O–H groups in total. The highest BCUT2D eigenvalue weighted by molar-refractivity contribution is 5.53. The summed E-state index contributed by atoms with van der Waals surface area (Å²) in [5.74, 6) is 15.3. The smallest absolute Gasteiger partial charge is 0.161 e. The van der Waals surface area contributed by atoms with Crippen molar-refractivity contribution in [2.75, 3.05) is 28.4 Å². The molecule has 0 aliphatic rings. The molecule has 0 fully saturated rings. The van der Waals surface area contributed by atoms with Crippen LogP contribution < -0.4 is 18.9 Å². The van der Waals surface area contributed by atoms with E-state index in [2.05, 4.69) is 23.7 Å². The van der Waals surface area contributed by atoms with Crippen LogP contribution in [0.5, 0.6) is 23.0 Å². The molecule has 0 aliphatic carbocycles. The summed E-state index contributed by atoms with van der Waals surface area (Å²) >= 11 is 0. The fraction of sp³-hybridized carbons (Fsp3) is 0.154. The molecule has 0 aliphatic heterocycles. The van der Waals surface area contributed by atoms with E-state index in [1.165, 1.54) is 0 Å². The Morgan fingerprint density at radius 1 is 0.433 bits per heavy atom. The van der Waals surface area contributed by atoms with Crippen LogP contribution in [0.4, 0.5) is 0 Å². The standard InChI is InChI=1S/C26H22O4/c1-27-23-14-12-21(17-25(23)29-3)10-8-19-6-5-7-20(16-19)9-11-22-13-15-24(28-2)26(18-22)30-4/h5-7,12-18H,1-4H3. The van der Waals surface area contributed by atoms with E-state index in [0.717, 1.165) is 22.3 Å². The third-order valence-electron chi connectivity index (χ3n) is 4.33. The molecule has 3 aromatic rings. The maximum Gasteiger partial charge on any atom is 0.161 e. The van der Waals surface area contributed by atoms with E-state index in [9.17, 15) is 0 Å². The number of benzene rings is 3. The fourth-order valence-corrected chi connectivity index (χ4v) is 2.79. The van der Waals surface area contributed by atoms with Crippen LogP contribution in [-0.4, -0.2) is 28.4 Å². The van der Waals surface area contributed by atoms with Crippen LogP contribution in [0.3, 0.4) is 0 Å². The Morgan fingerprint density at radius 3 is 1.17 bits per heavy atom. The average molecular weight is 398 g/mol. The van der Waals surface area contributed by atoms with Crippen LogP contribution >= 0.6 is 0 Å². The van der Waals surface area contributed by atoms with Crippen molar-refractivity contribution in [3.05, 3.63) is 82.9 Å². The lowest BCUT2D eigenvalue weighted by Crippen LogP contribution is -1.90. The monoisotopic (exact) mass is 398 g/mol. The average Bonchev–Trinajstić information content (AvgIpc) is 2.81. The minimum absolute atomic E-state index is 0.652. The van der Waals surface area contributed by atoms with Crippen LogP contribution in [0.25, 0.3) is 0 Å². The molecule has 150 valence electrons. The summed E-state index contributed by atoms with van der Waals surface area (Å²) in [6.45, 7) is 0. The lowest BCUT2D eigenvalue weighted by atomic mass is 10.1. The van der Waals surface area contributed by atoms with Gasteiger partial charge in [-0.3, -0.25) is 0 Å². The predicted octanol–water partition coefficient (Wildman–Crippen LogP) is 4.52. The molecule has 0 heterocycles. The van der Waals surface area contributed by atoms with Gasteiger partial charge >= 0.3 is 0 Å². The topological polar surface area (TPSA) is 36.9 Å². The van der Waals surface area contributed by atoms with E-state index in [1.807, 2.05) is 60.7 Å². The molecule has 30 heavy (non-hydrogen) atoms. The first-order chi connectivity index (χ1) is 14.7. The molecule has 0 unspecified atom stereocenters. The summed E-state index contributed by atoms with van der Waals surface area (Å²) in [6, 6.07) is 19.0. The first kappa shape index (κ1) is 20.7. The maximum absolute atomic E-state index is 5.33. The molecule has 4 heteroatoms. The Labute approximate surface area is 177 Å². The number of hydrogen-bond donors (Lipinski definition) is 0. The molecule has 0 spiro atoms. The van der Waals surface area contributed by atoms with Crippen molar-refractivity contribution in [3.8, 4) is 46.7 Å². The normalized spacial score (nSPS) is 9.47. The number of hydrogen-bond acceptors (Lipinski definition) is 4. The number of methoxy groups -OCH3 is 4. The second-order valence-corrected chi connectivity index (χ2v) is 6.22. The van der Waals surface area contributed by atoms with Crippen molar-refractivity contribution in [1.82, 2.24) is 0 Å². The molecule has 3 aromatic carbocycles. The second kappa shape index (κ2) is 9.96. The van der Waals surface area contributed by atoms with Gasteiger partial charge in [0, 0.05) is 22.3 Å². The van der Waals surface area contributed by atoms with E-state index in [-0.39, 0.29) is 0 Å². The summed E-state index contributed by atoms with van der Waals surface area (Å²) in [4.78, 5) is 0. The lowest BCUT2D eigenvalue weighted by molar-refractivity contribution is 0.355. The van der Waals surface area contributed by atoms with Gasteiger partial charge in [0.1, 0.15) is 0 Å². The van der Waals surface area contributed by atoms with Gasteiger partial charge in [0.2, 0.25) is 0 Å². The van der Waals surface area contributed by atoms with Crippen molar-refractivity contribution in [3.63, 3.8) is 0 Å². The lowest BCUT2D eigenvalue weighted by Gasteiger charge is -2.06. The fourth-order valence-electron chi connectivity index (χ4n) is 2.79. The van der Waals surface area contributed by atoms with E-state index in [4.69, 9.17) is 18.9 Å². The summed E-state index contributed by atoms with van der Waals surface area (Å²) < 4.78 is 21.2. The minimum atomic E-state index is 0.652. The highest BCUT2D eigenvalue weighted by Gasteiger charge is 2.03. The van der Waals surface area contributed by atoms with Crippen molar-refractivity contribution in [2.45, 2.75) is 0 Å². The zero-order valence-electron chi connectivity index (χ0n) is 17.4. The third-order valence-corrected chi connectivity index (χ3v) is 4.33. The van der Waals surface area contributed by atoms with Crippen LogP contribution in [0.1, 0.15) is 22.3 Å². The number of ether oxygens (including phenoxy) is 4. The summed E-state index contributed by atoms with van der Waals surface area (Å²) in [7, 11) is 6.43. The molecule has 0 atom stereocenters. The number of rotatable bonds is 4. The molecule has 0 amide bonds. The largest absolute Gasteiger partial charge is 0.493 e. The first-order valence-electron chi connectivity index (χ1n) is 9.25. The first-order valence-corrected chi connectivity index (χ1v) is 9.25. The Bertz CT molecular complexity index is 1070. The molecular weight excluding hydrogens is 376 g/mol. The Morgan fingerprint density at radius 2 is 0.800 bits per heavy atom. The van der Waals surface area contributed by atoms with Gasteiger partial charge in [-0.2, -0.15) is 0 Å². The van der Waals surface area contributed by atoms with Crippen LogP contribution in [0, 0.1) is 23.7 Å². The quantitative estimate of drug-likeness (QED) is 0.606. The van der Waals surface area contributed by atoms with Gasteiger partial charge in [0.05, 0.1) is 28.4 Å². The zero-order chi connectivity index (χ0) is 21.3. The Balaban J connectivity index is 1.82. The van der Waals surface area contributed by atoms with Crippen LogP contribution in [-0.2, 0) is 0 Å². The van der Waals surface area contributed by atoms with Crippen LogP contribution in [0.2, 0.25) is 0 Å². The van der Waals surface area contributed by atoms with Gasteiger partial charge in [-0.1, -0.05) is 29.7 Å². The molecular formula is C26H22O4. The van der Waals surface area contributed by atoms with Gasteiger partial charge in [-0.25, -0.2) is 0 Å². The highest BCUT2D eigenvalue weighted by atomic mass is 16.5. The summed E-state index contributed by atoms with van der Waals surface area (Å²) in [5.41, 5.74) is 3.44. The van der Waals surface area contributed by atoms with E-state index in [1.54, 1.807) is 28.4 Å². The maximum atomic E-state index is 5.33. The molecule has 0 saturated carbocycles. The van der Waals surface area contributed by atoms with E-state index < -0.39 is 0 Å². The summed E-state index contributed by atoms with van der Waals surface area (Å²) in [5, 5.41) is 0. The second-order valence-electron chi connectivity index (χ2n) is 6.22. The molecule has 0 aromatic heterocycles. The SMILES string of the molecule is COc1ccc(C#Cc2cccc(C#Cc3ccc(OC)c(OC)c3)c2)cc1OC. The zero-order valence-corrected chi connectivity index (χ0v) is 17.4. The molecule has 3 rings (SSSR count). The van der Waals surface area contributed by atoms with Crippen molar-refractivity contribution >= 4 is 0 Å². The van der Waals surface area contributed by atoms with Gasteiger partial charge in [0.15, 0.2) is 23.0 Å². The van der Waals surface area contributed by atoms with Gasteiger partial charge in [0.25, 0.3) is 0 Å². The van der Waals surface area contributed by atoms with Gasteiger partial charge in [-0.15, -0.1) is 0 Å². The van der Waals surface area contributed by atoms with Gasteiger partial charge < -0.3 is 18.9 Å². The molecule has 0 bridgehead atoms. The minimum Gasteiger partial charge on any atom is -0.493 e. The Hall–Kier alpha value is -4.02. The van der Waals surface area contributed by atoms with Crippen molar-refractivity contribution in [2.24, 2.45) is 0 Å². The predicted molar refractivity (Wildman–Crippen MR) is 117 cm³/mol. The molecule has 4 nitrogen and oxygen atoms in total. The van der Waals surface area contributed by atoms with E-state index in [0.29, 0.717) is 23.0 Å². The Kier molecular flexibility index (Phi) is 6.87. The molecule has 0 saturated heterocycles. The third kappa shape index (κ3) is 5.07. The van der Waals surface area contributed by atoms with Gasteiger partial charge in [-0.05, 0) is 54.6 Å². The van der Waals surface area contributed by atoms with Crippen molar-refractivity contribution < 1.29 is 18.9 Å². The van der Waals surface area contributed by atoms with Crippen LogP contribution in [0.15, 0.2) is 60.7 Å². The molecule has 0 radical (unpaired) electrons. The highest BCUT2D eigenvalue weighted by Crippen LogP contribution is 2.28. The summed E-state index contributed by atoms with van der Waals surface area (Å²) in [6.07, 6.45) is 0.